The summed E-state index contributed by atoms with van der Waals surface area (Å²) >= 11 is 0. The second-order valence-electron chi connectivity index (χ2n) is 5.25. The Kier molecular flexibility index (Phi) is 4.63. The molecule has 1 amide bonds. The number of aryl methyl sites for hydroxylation is 1. The summed E-state index contributed by atoms with van der Waals surface area (Å²) in [5.41, 5.74) is 0.355. The van der Waals surface area contributed by atoms with Crippen LogP contribution in [0.3, 0.4) is 0 Å². The predicted octanol–water partition coefficient (Wildman–Crippen LogP) is 1.42. The van der Waals surface area contributed by atoms with Crippen LogP contribution in [0.1, 0.15) is 25.3 Å². The van der Waals surface area contributed by atoms with E-state index in [0.29, 0.717) is 12.1 Å². The molecule has 1 N–H and O–H groups in total. The number of nitrogens with one attached hydrogen (secondary N) is 1. The zero-order valence-corrected chi connectivity index (χ0v) is 12.9. The van der Waals surface area contributed by atoms with Crippen LogP contribution in [-0.4, -0.2) is 38.4 Å². The molecule has 0 heterocycles. The van der Waals surface area contributed by atoms with Crippen molar-refractivity contribution in [1.82, 2.24) is 9.62 Å². The summed E-state index contributed by atoms with van der Waals surface area (Å²) in [5.74, 6) is -0.516. The van der Waals surface area contributed by atoms with E-state index in [4.69, 9.17) is 0 Å². The van der Waals surface area contributed by atoms with E-state index in [2.05, 4.69) is 4.72 Å². The number of amides is 1. The van der Waals surface area contributed by atoms with E-state index in [9.17, 15) is 17.6 Å². The number of nitrogens with zero attached hydrogens (tertiary/aromatic N) is 1. The fourth-order valence-corrected chi connectivity index (χ4v) is 3.52. The van der Waals surface area contributed by atoms with Crippen LogP contribution in [0.25, 0.3) is 0 Å². The normalized spacial score (nSPS) is 15.0. The predicted molar refractivity (Wildman–Crippen MR) is 76.7 cm³/mol. The average molecular weight is 314 g/mol. The lowest BCUT2D eigenvalue weighted by atomic mass is 10.2. The van der Waals surface area contributed by atoms with Gasteiger partial charge in [-0.2, -0.15) is 0 Å². The molecule has 1 fully saturated rings. The van der Waals surface area contributed by atoms with Gasteiger partial charge in [-0.25, -0.2) is 17.5 Å². The smallest absolute Gasteiger partial charge is 0.240 e. The fourth-order valence-electron chi connectivity index (χ4n) is 2.28. The van der Waals surface area contributed by atoms with Crippen molar-refractivity contribution in [2.45, 2.75) is 37.6 Å². The number of hydrogen-bond acceptors (Lipinski definition) is 3. The maximum Gasteiger partial charge on any atom is 0.240 e. The van der Waals surface area contributed by atoms with Gasteiger partial charge in [0.2, 0.25) is 15.9 Å². The monoisotopic (exact) mass is 314 g/mol. The van der Waals surface area contributed by atoms with Gasteiger partial charge in [0.15, 0.2) is 0 Å². The van der Waals surface area contributed by atoms with Crippen molar-refractivity contribution in [2.75, 3.05) is 13.1 Å². The largest absolute Gasteiger partial charge is 0.339 e. The molecule has 0 spiro atoms. The zero-order chi connectivity index (χ0) is 15.6. The highest BCUT2D eigenvalue weighted by molar-refractivity contribution is 7.89. The van der Waals surface area contributed by atoms with Gasteiger partial charge in [-0.05, 0) is 43.5 Å². The van der Waals surface area contributed by atoms with Crippen LogP contribution in [-0.2, 0) is 14.8 Å². The molecule has 0 aliphatic heterocycles. The van der Waals surface area contributed by atoms with Gasteiger partial charge in [0, 0.05) is 26.1 Å². The van der Waals surface area contributed by atoms with Crippen molar-refractivity contribution in [3.8, 4) is 0 Å². The summed E-state index contributed by atoms with van der Waals surface area (Å²) in [5, 5.41) is 0. The van der Waals surface area contributed by atoms with Crippen molar-refractivity contribution in [3.63, 3.8) is 0 Å². The first-order valence-corrected chi connectivity index (χ1v) is 8.32. The maximum atomic E-state index is 13.0. The third-order valence-corrected chi connectivity index (χ3v) is 5.08. The van der Waals surface area contributed by atoms with E-state index in [1.807, 2.05) is 0 Å². The van der Waals surface area contributed by atoms with Crippen LogP contribution in [0, 0.1) is 12.7 Å². The van der Waals surface area contributed by atoms with E-state index in [-0.39, 0.29) is 23.4 Å². The Labute approximate surface area is 124 Å². The van der Waals surface area contributed by atoms with E-state index in [1.165, 1.54) is 19.1 Å². The molecule has 0 unspecified atom stereocenters. The van der Waals surface area contributed by atoms with Crippen molar-refractivity contribution in [2.24, 2.45) is 0 Å². The fraction of sp³-hybridized carbons (Fsp3) is 0.500. The van der Waals surface area contributed by atoms with Crippen molar-refractivity contribution in [3.05, 3.63) is 29.6 Å². The number of carbonyl (C=O) groups excluding carboxylic acids is 1. The molecule has 21 heavy (non-hydrogen) atoms. The highest BCUT2D eigenvalue weighted by Crippen LogP contribution is 2.26. The summed E-state index contributed by atoms with van der Waals surface area (Å²) in [7, 11) is -3.69. The van der Waals surface area contributed by atoms with Gasteiger partial charge in [0.25, 0.3) is 0 Å². The van der Waals surface area contributed by atoms with Gasteiger partial charge < -0.3 is 4.90 Å². The minimum Gasteiger partial charge on any atom is -0.339 e. The molecule has 1 saturated carbocycles. The van der Waals surface area contributed by atoms with Crippen LogP contribution in [0.15, 0.2) is 23.1 Å². The summed E-state index contributed by atoms with van der Waals surface area (Å²) in [6.45, 7) is 3.52. The van der Waals surface area contributed by atoms with Crippen molar-refractivity contribution < 1.29 is 17.6 Å². The van der Waals surface area contributed by atoms with Gasteiger partial charge in [-0.1, -0.05) is 0 Å². The standard InChI is InChI=1S/C14H19FN2O3S/c1-10-9-12(15)3-6-14(10)21(19,20)16-7-8-17(11(2)18)13-4-5-13/h3,6,9,13,16H,4-5,7-8H2,1-2H3. The number of rotatable bonds is 6. The summed E-state index contributed by atoms with van der Waals surface area (Å²) < 4.78 is 39.8. The second kappa shape index (κ2) is 6.11. The Morgan fingerprint density at radius 1 is 1.43 bits per heavy atom. The minimum absolute atomic E-state index is 0.0466. The lowest BCUT2D eigenvalue weighted by Crippen LogP contribution is -2.38. The van der Waals surface area contributed by atoms with Crippen LogP contribution in [0.2, 0.25) is 0 Å². The molecule has 0 bridgehead atoms. The quantitative estimate of drug-likeness (QED) is 0.863. The Balaban J connectivity index is 1.99. The Bertz CT molecular complexity index is 642. The van der Waals surface area contributed by atoms with E-state index < -0.39 is 15.8 Å². The first kappa shape index (κ1) is 15.9. The highest BCUT2D eigenvalue weighted by Gasteiger charge is 2.30. The first-order chi connectivity index (χ1) is 9.81. The molecule has 0 saturated heterocycles. The van der Waals surface area contributed by atoms with Gasteiger partial charge in [-0.15, -0.1) is 0 Å². The molecule has 1 aromatic carbocycles. The van der Waals surface area contributed by atoms with Crippen molar-refractivity contribution >= 4 is 15.9 Å². The zero-order valence-electron chi connectivity index (χ0n) is 12.1. The second-order valence-corrected chi connectivity index (χ2v) is 6.99. The molecule has 1 aliphatic carbocycles. The molecular formula is C14H19FN2O3S. The molecule has 0 aromatic heterocycles. The Morgan fingerprint density at radius 2 is 2.10 bits per heavy atom. The van der Waals surface area contributed by atoms with Gasteiger partial charge in [0.05, 0.1) is 4.90 Å². The van der Waals surface area contributed by atoms with Crippen LogP contribution < -0.4 is 4.72 Å². The molecule has 1 aromatic rings. The molecule has 0 atom stereocenters. The SMILES string of the molecule is CC(=O)N(CCNS(=O)(=O)c1ccc(F)cc1C)C1CC1. The Hall–Kier alpha value is -1.47. The molecule has 5 nitrogen and oxygen atoms in total. The number of benzene rings is 1. The Morgan fingerprint density at radius 3 is 2.62 bits per heavy atom. The van der Waals surface area contributed by atoms with Crippen LogP contribution >= 0.6 is 0 Å². The molecule has 0 radical (unpaired) electrons. The summed E-state index contributed by atoms with van der Waals surface area (Å²) in [4.78, 5) is 13.2. The van der Waals surface area contributed by atoms with Gasteiger partial charge >= 0.3 is 0 Å². The van der Waals surface area contributed by atoms with Gasteiger partial charge in [-0.3, -0.25) is 4.79 Å². The number of carbonyl (C=O) groups is 1. The van der Waals surface area contributed by atoms with E-state index in [0.717, 1.165) is 18.9 Å². The summed E-state index contributed by atoms with van der Waals surface area (Å²) in [6, 6.07) is 3.80. The summed E-state index contributed by atoms with van der Waals surface area (Å²) in [6.07, 6.45) is 1.95. The highest BCUT2D eigenvalue weighted by atomic mass is 32.2. The maximum absolute atomic E-state index is 13.0. The molecular weight excluding hydrogens is 295 g/mol. The van der Waals surface area contributed by atoms with Crippen molar-refractivity contribution in [1.29, 1.82) is 0 Å². The van der Waals surface area contributed by atoms with E-state index in [1.54, 1.807) is 11.8 Å². The van der Waals surface area contributed by atoms with Gasteiger partial charge in [0.1, 0.15) is 5.82 Å². The molecule has 1 aliphatic rings. The van der Waals surface area contributed by atoms with E-state index >= 15 is 0 Å². The molecule has 116 valence electrons. The molecule has 2 rings (SSSR count). The first-order valence-electron chi connectivity index (χ1n) is 6.84. The van der Waals surface area contributed by atoms with Crippen LogP contribution in [0.4, 0.5) is 4.39 Å². The number of hydrogen-bond donors (Lipinski definition) is 1. The lowest BCUT2D eigenvalue weighted by molar-refractivity contribution is -0.129. The number of sulfonamides is 1. The number of halogens is 1. The van der Waals surface area contributed by atoms with Crippen LogP contribution in [0.5, 0.6) is 0 Å². The average Bonchev–Trinajstić information content (AvgIpc) is 3.17. The topological polar surface area (TPSA) is 66.5 Å². The third-order valence-electron chi connectivity index (χ3n) is 3.46. The third kappa shape index (κ3) is 4.01. The molecule has 7 heteroatoms. The minimum atomic E-state index is -3.69. The lowest BCUT2D eigenvalue weighted by Gasteiger charge is -2.20.